The van der Waals surface area contributed by atoms with Crippen LogP contribution in [0.5, 0.6) is 0 Å². The Morgan fingerprint density at radius 1 is 1.33 bits per heavy atom. The third kappa shape index (κ3) is 4.63. The van der Waals surface area contributed by atoms with Crippen molar-refractivity contribution >= 4 is 10.0 Å². The summed E-state index contributed by atoms with van der Waals surface area (Å²) < 4.78 is 25.0. The van der Waals surface area contributed by atoms with Crippen LogP contribution in [0.1, 0.15) is 41.0 Å². The molecule has 0 fully saturated rings. The van der Waals surface area contributed by atoms with Crippen LogP contribution in [0.4, 0.5) is 0 Å². The maximum absolute atomic E-state index is 11.7. The Labute approximate surface area is 92.7 Å². The van der Waals surface area contributed by atoms with E-state index in [-0.39, 0.29) is 5.92 Å². The molecule has 0 aliphatic carbocycles. The highest BCUT2D eigenvalue weighted by Gasteiger charge is 2.31. The molecule has 0 saturated heterocycles. The zero-order valence-corrected chi connectivity index (χ0v) is 10.9. The SMILES string of the molecule is CC(C)CC(C#N)NS(=O)(=O)C(C)(C)C. The van der Waals surface area contributed by atoms with Crippen molar-refractivity contribution in [3.63, 3.8) is 0 Å². The van der Waals surface area contributed by atoms with Gasteiger partial charge in [0.15, 0.2) is 0 Å². The second kappa shape index (κ2) is 4.95. The number of hydrogen-bond acceptors (Lipinski definition) is 3. The van der Waals surface area contributed by atoms with Crippen molar-refractivity contribution in [2.75, 3.05) is 0 Å². The van der Waals surface area contributed by atoms with E-state index >= 15 is 0 Å². The minimum atomic E-state index is -3.43. The van der Waals surface area contributed by atoms with Crippen LogP contribution in [-0.2, 0) is 10.0 Å². The van der Waals surface area contributed by atoms with Gasteiger partial charge >= 0.3 is 0 Å². The third-order valence-corrected chi connectivity index (χ3v) is 4.17. The van der Waals surface area contributed by atoms with E-state index in [1.54, 1.807) is 20.8 Å². The van der Waals surface area contributed by atoms with E-state index in [2.05, 4.69) is 4.72 Å². The zero-order valence-electron chi connectivity index (χ0n) is 10.0. The van der Waals surface area contributed by atoms with Crippen LogP contribution in [-0.4, -0.2) is 19.2 Å². The van der Waals surface area contributed by atoms with Crippen LogP contribution in [0, 0.1) is 17.2 Å². The summed E-state index contributed by atoms with van der Waals surface area (Å²) in [5.41, 5.74) is 0. The summed E-state index contributed by atoms with van der Waals surface area (Å²) in [5, 5.41) is 8.83. The molecule has 1 atom stereocenters. The van der Waals surface area contributed by atoms with Gasteiger partial charge in [-0.3, -0.25) is 0 Å². The van der Waals surface area contributed by atoms with Crippen LogP contribution in [0.15, 0.2) is 0 Å². The van der Waals surface area contributed by atoms with E-state index < -0.39 is 20.8 Å². The molecule has 0 heterocycles. The lowest BCUT2D eigenvalue weighted by atomic mass is 10.1. The van der Waals surface area contributed by atoms with Crippen LogP contribution < -0.4 is 4.72 Å². The van der Waals surface area contributed by atoms with Gasteiger partial charge in [0.05, 0.1) is 10.8 Å². The Morgan fingerprint density at radius 2 is 1.80 bits per heavy atom. The summed E-state index contributed by atoms with van der Waals surface area (Å²) in [7, 11) is -3.43. The molecular formula is C10H20N2O2S. The monoisotopic (exact) mass is 232 g/mol. The summed E-state index contributed by atoms with van der Waals surface area (Å²) in [6, 6.07) is 1.34. The minimum absolute atomic E-state index is 0.289. The molecule has 0 aliphatic rings. The Balaban J connectivity index is 4.66. The summed E-state index contributed by atoms with van der Waals surface area (Å²) in [6.45, 7) is 8.74. The minimum Gasteiger partial charge on any atom is -0.212 e. The van der Waals surface area contributed by atoms with E-state index in [4.69, 9.17) is 5.26 Å². The maximum Gasteiger partial charge on any atom is 0.217 e. The fraction of sp³-hybridized carbons (Fsp3) is 0.900. The van der Waals surface area contributed by atoms with E-state index in [9.17, 15) is 8.42 Å². The van der Waals surface area contributed by atoms with E-state index in [0.29, 0.717) is 6.42 Å². The predicted molar refractivity (Wildman–Crippen MR) is 60.7 cm³/mol. The van der Waals surface area contributed by atoms with Crippen LogP contribution in [0.3, 0.4) is 0 Å². The van der Waals surface area contributed by atoms with Gasteiger partial charge in [-0.1, -0.05) is 13.8 Å². The van der Waals surface area contributed by atoms with Gasteiger partial charge in [0.2, 0.25) is 10.0 Å². The molecule has 0 bridgehead atoms. The number of nitriles is 1. The molecule has 4 nitrogen and oxygen atoms in total. The van der Waals surface area contributed by atoms with Gasteiger partial charge in [0.25, 0.3) is 0 Å². The van der Waals surface area contributed by atoms with Gasteiger partial charge in [-0.05, 0) is 33.1 Å². The fourth-order valence-corrected chi connectivity index (χ4v) is 1.84. The summed E-state index contributed by atoms with van der Waals surface area (Å²) >= 11 is 0. The van der Waals surface area contributed by atoms with Gasteiger partial charge in [-0.2, -0.15) is 9.98 Å². The number of nitrogens with one attached hydrogen (secondary N) is 1. The van der Waals surface area contributed by atoms with E-state index in [1.807, 2.05) is 19.9 Å². The predicted octanol–water partition coefficient (Wildman–Crippen LogP) is 1.64. The lowest BCUT2D eigenvalue weighted by molar-refractivity contribution is 0.497. The molecule has 0 radical (unpaired) electrons. The number of sulfonamides is 1. The first kappa shape index (κ1) is 14.4. The second-order valence-corrected chi connectivity index (χ2v) is 7.51. The largest absolute Gasteiger partial charge is 0.217 e. The first-order valence-corrected chi connectivity index (χ1v) is 6.50. The highest BCUT2D eigenvalue weighted by Crippen LogP contribution is 2.15. The Kier molecular flexibility index (Phi) is 4.75. The highest BCUT2D eigenvalue weighted by molar-refractivity contribution is 7.90. The number of rotatable bonds is 4. The molecule has 1 N–H and O–H groups in total. The van der Waals surface area contributed by atoms with Crippen LogP contribution in [0.25, 0.3) is 0 Å². The normalized spacial score (nSPS) is 15.0. The van der Waals surface area contributed by atoms with Crippen LogP contribution >= 0.6 is 0 Å². The molecule has 0 aromatic carbocycles. The topological polar surface area (TPSA) is 70.0 Å². The van der Waals surface area contributed by atoms with Crippen molar-refractivity contribution in [2.45, 2.75) is 51.8 Å². The Bertz CT molecular complexity index is 333. The smallest absolute Gasteiger partial charge is 0.212 e. The summed E-state index contributed by atoms with van der Waals surface area (Å²) in [5.74, 6) is 0.289. The number of hydrogen-bond donors (Lipinski definition) is 1. The first-order chi connectivity index (χ1) is 6.60. The lowest BCUT2D eigenvalue weighted by Crippen LogP contribution is -2.44. The fourth-order valence-electron chi connectivity index (χ4n) is 0.963. The van der Waals surface area contributed by atoms with Gasteiger partial charge in [-0.15, -0.1) is 0 Å². The van der Waals surface area contributed by atoms with Crippen molar-refractivity contribution in [3.8, 4) is 6.07 Å². The second-order valence-electron chi connectivity index (χ2n) is 5.04. The van der Waals surface area contributed by atoms with Crippen LogP contribution in [0.2, 0.25) is 0 Å². The summed E-state index contributed by atoms with van der Waals surface area (Å²) in [4.78, 5) is 0. The van der Waals surface area contributed by atoms with Gasteiger partial charge in [0, 0.05) is 0 Å². The van der Waals surface area contributed by atoms with E-state index in [1.165, 1.54) is 0 Å². The van der Waals surface area contributed by atoms with Crippen molar-refractivity contribution in [1.29, 1.82) is 5.26 Å². The Hall–Kier alpha value is -0.600. The lowest BCUT2D eigenvalue weighted by Gasteiger charge is -2.22. The molecule has 0 aliphatic heterocycles. The van der Waals surface area contributed by atoms with Crippen molar-refractivity contribution in [3.05, 3.63) is 0 Å². The van der Waals surface area contributed by atoms with Gasteiger partial charge in [0.1, 0.15) is 6.04 Å². The molecule has 0 spiro atoms. The molecule has 1 unspecified atom stereocenters. The molecule has 0 rings (SSSR count). The average molecular weight is 232 g/mol. The van der Waals surface area contributed by atoms with Crippen molar-refractivity contribution in [1.82, 2.24) is 4.72 Å². The average Bonchev–Trinajstić information content (AvgIpc) is 1.99. The standard InChI is InChI=1S/C10H20N2O2S/c1-8(2)6-9(7-11)12-15(13,14)10(3,4)5/h8-9,12H,6H2,1-5H3. The zero-order chi connectivity index (χ0) is 12.3. The highest BCUT2D eigenvalue weighted by atomic mass is 32.2. The number of nitrogens with zero attached hydrogens (tertiary/aromatic N) is 1. The molecule has 0 saturated carbocycles. The molecular weight excluding hydrogens is 212 g/mol. The quantitative estimate of drug-likeness (QED) is 0.801. The summed E-state index contributed by atoms with van der Waals surface area (Å²) in [6.07, 6.45) is 0.534. The molecule has 0 aromatic rings. The molecule has 0 amide bonds. The molecule has 88 valence electrons. The van der Waals surface area contributed by atoms with Gasteiger partial charge in [-0.25, -0.2) is 8.42 Å². The molecule has 5 heteroatoms. The van der Waals surface area contributed by atoms with Crippen molar-refractivity contribution in [2.24, 2.45) is 5.92 Å². The molecule has 0 aromatic heterocycles. The van der Waals surface area contributed by atoms with E-state index in [0.717, 1.165) is 0 Å². The maximum atomic E-state index is 11.7. The first-order valence-electron chi connectivity index (χ1n) is 5.01. The van der Waals surface area contributed by atoms with Crippen molar-refractivity contribution < 1.29 is 8.42 Å². The Morgan fingerprint density at radius 3 is 2.07 bits per heavy atom. The molecule has 15 heavy (non-hydrogen) atoms. The third-order valence-electron chi connectivity index (χ3n) is 1.97. The van der Waals surface area contributed by atoms with Gasteiger partial charge < -0.3 is 0 Å².